The Hall–Kier alpha value is -2.45. The van der Waals surface area contributed by atoms with Gasteiger partial charge in [-0.1, -0.05) is 24.3 Å². The predicted molar refractivity (Wildman–Crippen MR) is 97.1 cm³/mol. The van der Waals surface area contributed by atoms with Crippen LogP contribution in [0.2, 0.25) is 0 Å². The number of nitro groups is 1. The summed E-state index contributed by atoms with van der Waals surface area (Å²) in [6.07, 6.45) is 0. The predicted octanol–water partition coefficient (Wildman–Crippen LogP) is 2.92. The fraction of sp³-hybridized carbons (Fsp3) is 0.294. The number of hydrogen-bond donors (Lipinski definition) is 1. The van der Waals surface area contributed by atoms with Gasteiger partial charge in [-0.15, -0.1) is 0 Å². The summed E-state index contributed by atoms with van der Waals surface area (Å²) in [6, 6.07) is 12.8. The lowest BCUT2D eigenvalue weighted by molar-refractivity contribution is -0.387. The van der Waals surface area contributed by atoms with Crippen LogP contribution in [0.15, 0.2) is 53.4 Å². The summed E-state index contributed by atoms with van der Waals surface area (Å²) in [4.78, 5) is 12.2. The largest absolute Gasteiger partial charge is 0.372 e. The number of anilines is 1. The average molecular weight is 363 g/mol. The normalized spacial score (nSPS) is 11.3. The van der Waals surface area contributed by atoms with E-state index in [0.29, 0.717) is 0 Å². The lowest BCUT2D eigenvalue weighted by atomic mass is 10.2. The Balaban J connectivity index is 2.14. The molecule has 25 heavy (non-hydrogen) atoms. The Labute approximate surface area is 147 Å². The zero-order valence-corrected chi connectivity index (χ0v) is 15.0. The van der Waals surface area contributed by atoms with E-state index in [4.69, 9.17) is 0 Å². The van der Waals surface area contributed by atoms with Crippen molar-refractivity contribution in [2.24, 2.45) is 0 Å². The molecule has 0 aromatic heterocycles. The molecule has 0 saturated heterocycles. The molecule has 0 spiro atoms. The number of sulfonamides is 1. The summed E-state index contributed by atoms with van der Waals surface area (Å²) >= 11 is 0. The van der Waals surface area contributed by atoms with E-state index >= 15 is 0 Å². The summed E-state index contributed by atoms with van der Waals surface area (Å²) in [5.74, 6) is 0. The van der Waals surface area contributed by atoms with Gasteiger partial charge < -0.3 is 4.90 Å². The number of hydrogen-bond acceptors (Lipinski definition) is 5. The molecule has 2 aromatic rings. The first-order chi connectivity index (χ1) is 11.9. The lowest BCUT2D eigenvalue weighted by Gasteiger charge is -2.21. The molecule has 0 aliphatic heterocycles. The highest BCUT2D eigenvalue weighted by molar-refractivity contribution is 7.89. The number of nitro benzene ring substituents is 1. The van der Waals surface area contributed by atoms with Crippen LogP contribution in [0.25, 0.3) is 0 Å². The standard InChI is InChI=1S/C17H21N3O4S/c1-3-19(4-2)15-11-9-14(10-12-15)13-18-25(23,24)17-8-6-5-7-16(17)20(21)22/h5-12,18H,3-4,13H2,1-2H3. The van der Waals surface area contributed by atoms with Crippen molar-refractivity contribution in [3.63, 3.8) is 0 Å². The third-order valence-electron chi connectivity index (χ3n) is 3.88. The second kappa shape index (κ2) is 8.09. The third-order valence-corrected chi connectivity index (χ3v) is 5.33. The van der Waals surface area contributed by atoms with Gasteiger partial charge in [0.1, 0.15) is 0 Å². The number of rotatable bonds is 8. The van der Waals surface area contributed by atoms with Gasteiger partial charge >= 0.3 is 0 Å². The van der Waals surface area contributed by atoms with Crippen LogP contribution in [0.4, 0.5) is 11.4 Å². The maximum absolute atomic E-state index is 12.4. The molecule has 0 bridgehead atoms. The molecule has 8 heteroatoms. The Morgan fingerprint density at radius 2 is 1.64 bits per heavy atom. The minimum Gasteiger partial charge on any atom is -0.372 e. The zero-order chi connectivity index (χ0) is 18.4. The average Bonchev–Trinajstić information content (AvgIpc) is 2.62. The van der Waals surface area contributed by atoms with Gasteiger partial charge in [0.25, 0.3) is 5.69 Å². The number of nitrogens with one attached hydrogen (secondary N) is 1. The van der Waals surface area contributed by atoms with Crippen molar-refractivity contribution < 1.29 is 13.3 Å². The van der Waals surface area contributed by atoms with Crippen molar-refractivity contribution in [1.82, 2.24) is 4.72 Å². The molecule has 0 aliphatic rings. The van der Waals surface area contributed by atoms with Crippen LogP contribution < -0.4 is 9.62 Å². The van der Waals surface area contributed by atoms with Crippen molar-refractivity contribution in [2.75, 3.05) is 18.0 Å². The van der Waals surface area contributed by atoms with Gasteiger partial charge in [-0.05, 0) is 37.6 Å². The second-order valence-corrected chi connectivity index (χ2v) is 7.12. The molecule has 0 saturated carbocycles. The smallest absolute Gasteiger partial charge is 0.289 e. The molecular formula is C17H21N3O4S. The topological polar surface area (TPSA) is 92.6 Å². The molecule has 2 rings (SSSR count). The molecule has 0 unspecified atom stereocenters. The van der Waals surface area contributed by atoms with Crippen LogP contribution >= 0.6 is 0 Å². The van der Waals surface area contributed by atoms with Gasteiger partial charge in [-0.3, -0.25) is 10.1 Å². The van der Waals surface area contributed by atoms with E-state index in [1.165, 1.54) is 24.3 Å². The monoisotopic (exact) mass is 363 g/mol. The van der Waals surface area contributed by atoms with Crippen molar-refractivity contribution in [3.8, 4) is 0 Å². The molecule has 0 radical (unpaired) electrons. The van der Waals surface area contributed by atoms with E-state index in [0.717, 1.165) is 24.3 Å². The highest BCUT2D eigenvalue weighted by Gasteiger charge is 2.24. The highest BCUT2D eigenvalue weighted by atomic mass is 32.2. The quantitative estimate of drug-likeness (QED) is 0.575. The van der Waals surface area contributed by atoms with Crippen LogP contribution in [0.1, 0.15) is 19.4 Å². The molecule has 0 atom stereocenters. The van der Waals surface area contributed by atoms with Crippen molar-refractivity contribution in [1.29, 1.82) is 0 Å². The molecule has 7 nitrogen and oxygen atoms in total. The van der Waals surface area contributed by atoms with Crippen LogP contribution in [0, 0.1) is 10.1 Å². The van der Waals surface area contributed by atoms with Gasteiger partial charge in [0.15, 0.2) is 4.90 Å². The molecule has 0 aliphatic carbocycles. The van der Waals surface area contributed by atoms with Crippen LogP contribution in [-0.4, -0.2) is 26.4 Å². The number of benzene rings is 2. The fourth-order valence-electron chi connectivity index (χ4n) is 2.50. The SMILES string of the molecule is CCN(CC)c1ccc(CNS(=O)(=O)c2ccccc2[N+](=O)[O-])cc1. The maximum Gasteiger partial charge on any atom is 0.289 e. The van der Waals surface area contributed by atoms with Gasteiger partial charge in [-0.2, -0.15) is 0 Å². The van der Waals surface area contributed by atoms with Crippen LogP contribution in [0.5, 0.6) is 0 Å². The minimum absolute atomic E-state index is 0.0624. The Bertz CT molecular complexity index is 831. The van der Waals surface area contributed by atoms with Gasteiger partial charge in [0, 0.05) is 31.4 Å². The summed E-state index contributed by atoms with van der Waals surface area (Å²) in [5.41, 5.74) is 1.40. The van der Waals surface area contributed by atoms with E-state index in [9.17, 15) is 18.5 Å². The number of para-hydroxylation sites is 1. The highest BCUT2D eigenvalue weighted by Crippen LogP contribution is 2.23. The third kappa shape index (κ3) is 4.55. The first-order valence-corrected chi connectivity index (χ1v) is 9.44. The zero-order valence-electron chi connectivity index (χ0n) is 14.2. The molecular weight excluding hydrogens is 342 g/mol. The summed E-state index contributed by atoms with van der Waals surface area (Å²) in [7, 11) is -3.97. The fourth-order valence-corrected chi connectivity index (χ4v) is 3.69. The molecule has 0 fully saturated rings. The summed E-state index contributed by atoms with van der Waals surface area (Å²) < 4.78 is 27.2. The van der Waals surface area contributed by atoms with Crippen LogP contribution in [0.3, 0.4) is 0 Å². The second-order valence-electron chi connectivity index (χ2n) is 5.39. The number of nitrogens with zero attached hydrogens (tertiary/aromatic N) is 2. The van der Waals surface area contributed by atoms with E-state index in [2.05, 4.69) is 23.5 Å². The molecule has 1 N–H and O–H groups in total. The van der Waals surface area contributed by atoms with E-state index < -0.39 is 20.6 Å². The van der Waals surface area contributed by atoms with Crippen molar-refractivity contribution in [3.05, 3.63) is 64.2 Å². The van der Waals surface area contributed by atoms with E-state index in [1.54, 1.807) is 0 Å². The van der Waals surface area contributed by atoms with Gasteiger partial charge in [0.2, 0.25) is 10.0 Å². The lowest BCUT2D eigenvalue weighted by Crippen LogP contribution is -2.24. The molecule has 0 heterocycles. The minimum atomic E-state index is -3.97. The molecule has 134 valence electrons. The van der Waals surface area contributed by atoms with E-state index in [-0.39, 0.29) is 11.4 Å². The van der Waals surface area contributed by atoms with Crippen molar-refractivity contribution >= 4 is 21.4 Å². The van der Waals surface area contributed by atoms with Gasteiger partial charge in [0.05, 0.1) is 4.92 Å². The Morgan fingerprint density at radius 3 is 2.20 bits per heavy atom. The maximum atomic E-state index is 12.4. The molecule has 0 amide bonds. The Morgan fingerprint density at radius 1 is 1.04 bits per heavy atom. The Kier molecular flexibility index (Phi) is 6.11. The van der Waals surface area contributed by atoms with Gasteiger partial charge in [-0.25, -0.2) is 13.1 Å². The van der Waals surface area contributed by atoms with Crippen LogP contribution in [-0.2, 0) is 16.6 Å². The first kappa shape index (κ1) is 18.9. The molecule has 2 aromatic carbocycles. The van der Waals surface area contributed by atoms with Crippen molar-refractivity contribution in [2.45, 2.75) is 25.3 Å². The summed E-state index contributed by atoms with van der Waals surface area (Å²) in [5, 5.41) is 11.0. The van der Waals surface area contributed by atoms with E-state index in [1.807, 2.05) is 24.3 Å². The first-order valence-electron chi connectivity index (χ1n) is 7.96. The summed E-state index contributed by atoms with van der Waals surface area (Å²) in [6.45, 7) is 5.98.